The van der Waals surface area contributed by atoms with Gasteiger partial charge < -0.3 is 20.7 Å². The number of nitrogens with one attached hydrogen (secondary N) is 3. The summed E-state index contributed by atoms with van der Waals surface area (Å²) in [6.07, 6.45) is 0. The molecule has 0 unspecified atom stereocenters. The van der Waals surface area contributed by atoms with E-state index in [9.17, 15) is 9.59 Å². The van der Waals surface area contributed by atoms with Crippen LogP contribution in [0.5, 0.6) is 5.75 Å². The lowest BCUT2D eigenvalue weighted by Crippen LogP contribution is -2.22. The van der Waals surface area contributed by atoms with Gasteiger partial charge in [0.2, 0.25) is 5.91 Å². The van der Waals surface area contributed by atoms with Crippen LogP contribution in [0.2, 0.25) is 0 Å². The number of benzene rings is 3. The summed E-state index contributed by atoms with van der Waals surface area (Å²) < 4.78 is 5.24. The third kappa shape index (κ3) is 5.38. The second-order valence-corrected chi connectivity index (χ2v) is 6.95. The van der Waals surface area contributed by atoms with Crippen LogP contribution in [0.1, 0.15) is 21.5 Å². The van der Waals surface area contributed by atoms with E-state index in [0.29, 0.717) is 22.7 Å². The largest absolute Gasteiger partial charge is 0.495 e. The van der Waals surface area contributed by atoms with Crippen LogP contribution < -0.4 is 20.7 Å². The number of rotatable bonds is 7. The fourth-order valence-corrected chi connectivity index (χ4v) is 3.04. The number of amides is 2. The predicted octanol–water partition coefficient (Wildman–Crippen LogP) is 4.61. The zero-order valence-corrected chi connectivity index (χ0v) is 17.3. The summed E-state index contributed by atoms with van der Waals surface area (Å²) in [7, 11) is 1.55. The van der Waals surface area contributed by atoms with Crippen LogP contribution in [0.15, 0.2) is 66.7 Å². The molecule has 0 fully saturated rings. The summed E-state index contributed by atoms with van der Waals surface area (Å²) in [5.74, 6) is 0.168. The Kier molecular flexibility index (Phi) is 6.70. The minimum atomic E-state index is -0.256. The van der Waals surface area contributed by atoms with Crippen molar-refractivity contribution in [2.75, 3.05) is 29.6 Å². The van der Waals surface area contributed by atoms with Crippen molar-refractivity contribution in [2.45, 2.75) is 13.8 Å². The Hall–Kier alpha value is -3.80. The summed E-state index contributed by atoms with van der Waals surface area (Å²) in [6, 6.07) is 20.0. The summed E-state index contributed by atoms with van der Waals surface area (Å²) >= 11 is 0. The van der Waals surface area contributed by atoms with Crippen molar-refractivity contribution in [1.29, 1.82) is 0 Å². The topological polar surface area (TPSA) is 79.5 Å². The highest BCUT2D eigenvalue weighted by atomic mass is 16.5. The van der Waals surface area contributed by atoms with E-state index in [-0.39, 0.29) is 18.4 Å². The highest BCUT2D eigenvalue weighted by Crippen LogP contribution is 2.24. The van der Waals surface area contributed by atoms with E-state index in [2.05, 4.69) is 22.0 Å². The lowest BCUT2D eigenvalue weighted by Gasteiger charge is -2.12. The van der Waals surface area contributed by atoms with Crippen LogP contribution in [0.3, 0.4) is 0 Å². The Morgan fingerprint density at radius 2 is 1.60 bits per heavy atom. The zero-order valence-electron chi connectivity index (χ0n) is 17.3. The molecule has 0 heterocycles. The monoisotopic (exact) mass is 403 g/mol. The minimum Gasteiger partial charge on any atom is -0.495 e. The molecule has 0 bridgehead atoms. The highest BCUT2D eigenvalue weighted by molar-refractivity contribution is 6.05. The molecule has 3 N–H and O–H groups in total. The van der Waals surface area contributed by atoms with Crippen molar-refractivity contribution >= 4 is 28.9 Å². The molecule has 0 aliphatic heterocycles. The quantitative estimate of drug-likeness (QED) is 0.538. The van der Waals surface area contributed by atoms with Crippen LogP contribution in [-0.4, -0.2) is 25.5 Å². The van der Waals surface area contributed by atoms with Crippen molar-refractivity contribution in [2.24, 2.45) is 0 Å². The molecule has 0 radical (unpaired) electrons. The lowest BCUT2D eigenvalue weighted by atomic mass is 10.1. The molecule has 6 nitrogen and oxygen atoms in total. The van der Waals surface area contributed by atoms with Crippen LogP contribution in [0.25, 0.3) is 0 Å². The van der Waals surface area contributed by atoms with E-state index >= 15 is 0 Å². The fourth-order valence-electron chi connectivity index (χ4n) is 3.04. The number of hydrogen-bond acceptors (Lipinski definition) is 4. The number of carbonyl (C=O) groups is 2. The van der Waals surface area contributed by atoms with Crippen molar-refractivity contribution in [3.05, 3.63) is 83.4 Å². The van der Waals surface area contributed by atoms with Gasteiger partial charge in [-0.25, -0.2) is 0 Å². The van der Waals surface area contributed by atoms with Crippen LogP contribution in [-0.2, 0) is 4.79 Å². The Morgan fingerprint density at radius 3 is 2.30 bits per heavy atom. The third-order valence-corrected chi connectivity index (χ3v) is 4.61. The van der Waals surface area contributed by atoms with Gasteiger partial charge in [-0.05, 0) is 61.9 Å². The number of carbonyl (C=O) groups excluding carboxylic acids is 2. The van der Waals surface area contributed by atoms with Crippen molar-refractivity contribution < 1.29 is 14.3 Å². The first kappa shape index (κ1) is 20.9. The van der Waals surface area contributed by atoms with E-state index in [4.69, 9.17) is 4.74 Å². The molecule has 3 rings (SSSR count). The number of aryl methyl sites for hydroxylation is 2. The molecule has 2 amide bonds. The normalized spacial score (nSPS) is 10.2. The predicted molar refractivity (Wildman–Crippen MR) is 120 cm³/mol. The van der Waals surface area contributed by atoms with E-state index in [1.54, 1.807) is 43.5 Å². The number of anilines is 3. The SMILES string of the molecule is COc1ccccc1NC(=O)c1ccc(NC(=O)CNc2ccc(C)cc2C)cc1. The summed E-state index contributed by atoms with van der Waals surface area (Å²) in [5.41, 5.74) is 4.90. The molecular formula is C24H25N3O3. The van der Waals surface area contributed by atoms with Crippen molar-refractivity contribution in [1.82, 2.24) is 0 Å². The standard InChI is InChI=1S/C24H25N3O3/c1-16-8-13-20(17(2)14-16)25-15-23(28)26-19-11-9-18(10-12-19)24(29)27-21-6-4-5-7-22(21)30-3/h4-14,25H,15H2,1-3H3,(H,26,28)(H,27,29). The average Bonchev–Trinajstić information content (AvgIpc) is 2.74. The van der Waals surface area contributed by atoms with Gasteiger partial charge in [-0.3, -0.25) is 9.59 Å². The molecule has 0 aliphatic carbocycles. The maximum absolute atomic E-state index is 12.5. The second kappa shape index (κ2) is 9.60. The van der Waals surface area contributed by atoms with Gasteiger partial charge in [0, 0.05) is 16.9 Å². The Labute approximate surface area is 176 Å². The number of para-hydroxylation sites is 2. The molecule has 0 spiro atoms. The smallest absolute Gasteiger partial charge is 0.255 e. The molecule has 6 heteroatoms. The number of hydrogen-bond donors (Lipinski definition) is 3. The van der Waals surface area contributed by atoms with Gasteiger partial charge in [-0.1, -0.05) is 29.8 Å². The Balaban J connectivity index is 1.56. The zero-order chi connectivity index (χ0) is 21.5. The van der Waals surface area contributed by atoms with Gasteiger partial charge in [-0.15, -0.1) is 0 Å². The van der Waals surface area contributed by atoms with Crippen LogP contribution >= 0.6 is 0 Å². The van der Waals surface area contributed by atoms with E-state index in [1.807, 2.05) is 38.1 Å². The van der Waals surface area contributed by atoms with Crippen LogP contribution in [0, 0.1) is 13.8 Å². The molecule has 30 heavy (non-hydrogen) atoms. The summed E-state index contributed by atoms with van der Waals surface area (Å²) in [4.78, 5) is 24.7. The van der Waals surface area contributed by atoms with Gasteiger partial charge in [0.1, 0.15) is 5.75 Å². The van der Waals surface area contributed by atoms with Gasteiger partial charge in [0.15, 0.2) is 0 Å². The number of methoxy groups -OCH3 is 1. The van der Waals surface area contributed by atoms with Gasteiger partial charge in [0.25, 0.3) is 5.91 Å². The van der Waals surface area contributed by atoms with Crippen molar-refractivity contribution in [3.8, 4) is 5.75 Å². The molecule has 0 saturated heterocycles. The maximum Gasteiger partial charge on any atom is 0.255 e. The Bertz CT molecular complexity index is 1050. The highest BCUT2D eigenvalue weighted by Gasteiger charge is 2.10. The minimum absolute atomic E-state index is 0.153. The summed E-state index contributed by atoms with van der Waals surface area (Å²) in [5, 5.41) is 8.79. The van der Waals surface area contributed by atoms with Crippen molar-refractivity contribution in [3.63, 3.8) is 0 Å². The molecule has 0 aromatic heterocycles. The maximum atomic E-state index is 12.5. The molecule has 3 aromatic carbocycles. The summed E-state index contributed by atoms with van der Waals surface area (Å²) in [6.45, 7) is 4.19. The Morgan fingerprint density at radius 1 is 0.867 bits per heavy atom. The number of ether oxygens (including phenoxy) is 1. The van der Waals surface area contributed by atoms with E-state index in [1.165, 1.54) is 5.56 Å². The fraction of sp³-hybridized carbons (Fsp3) is 0.167. The molecule has 0 atom stereocenters. The molecule has 154 valence electrons. The average molecular weight is 403 g/mol. The van der Waals surface area contributed by atoms with E-state index in [0.717, 1.165) is 11.3 Å². The van der Waals surface area contributed by atoms with E-state index < -0.39 is 0 Å². The van der Waals surface area contributed by atoms with Gasteiger partial charge in [0.05, 0.1) is 19.3 Å². The van der Waals surface area contributed by atoms with Crippen LogP contribution in [0.4, 0.5) is 17.1 Å². The first-order chi connectivity index (χ1) is 14.5. The van der Waals surface area contributed by atoms with Gasteiger partial charge in [-0.2, -0.15) is 0 Å². The van der Waals surface area contributed by atoms with Gasteiger partial charge >= 0.3 is 0 Å². The molecule has 0 aliphatic rings. The second-order valence-electron chi connectivity index (χ2n) is 6.95. The first-order valence-electron chi connectivity index (χ1n) is 9.61. The molecular weight excluding hydrogens is 378 g/mol. The lowest BCUT2D eigenvalue weighted by molar-refractivity contribution is -0.114. The third-order valence-electron chi connectivity index (χ3n) is 4.61. The molecule has 0 saturated carbocycles. The first-order valence-corrected chi connectivity index (χ1v) is 9.61. The molecule has 3 aromatic rings.